The predicted molar refractivity (Wildman–Crippen MR) is 266 cm³/mol. The van der Waals surface area contributed by atoms with E-state index in [2.05, 4.69) is 130 Å². The summed E-state index contributed by atoms with van der Waals surface area (Å²) >= 11 is 0. The van der Waals surface area contributed by atoms with E-state index in [0.29, 0.717) is 28.4 Å². The molecule has 0 radical (unpaired) electrons. The van der Waals surface area contributed by atoms with Crippen molar-refractivity contribution in [1.29, 1.82) is 5.26 Å². The normalized spacial score (nSPS) is 11.9. The first-order valence-electron chi connectivity index (χ1n) is 22.0. The summed E-state index contributed by atoms with van der Waals surface area (Å²) in [5.74, 6) is 0.495. The Hall–Kier alpha value is -9.25. The molecule has 0 aliphatic rings. The molecule has 0 saturated heterocycles. The van der Waals surface area contributed by atoms with E-state index in [9.17, 15) is 5.26 Å². The third kappa shape index (κ3) is 5.01. The molecular formula is C59H33N5O2. The van der Waals surface area contributed by atoms with Gasteiger partial charge in [-0.25, -0.2) is 9.97 Å². The van der Waals surface area contributed by atoms with Gasteiger partial charge in [-0.1, -0.05) is 152 Å². The van der Waals surface area contributed by atoms with Crippen LogP contribution in [0.5, 0.6) is 0 Å². The van der Waals surface area contributed by atoms with E-state index in [1.165, 1.54) is 0 Å². The molecule has 66 heavy (non-hydrogen) atoms. The highest BCUT2D eigenvalue weighted by atomic mass is 16.3. The molecule has 5 heterocycles. The van der Waals surface area contributed by atoms with Gasteiger partial charge in [0.1, 0.15) is 28.4 Å². The van der Waals surface area contributed by atoms with Crippen LogP contribution in [-0.2, 0) is 0 Å². The van der Waals surface area contributed by atoms with Crippen LogP contribution in [0, 0.1) is 11.3 Å². The van der Waals surface area contributed by atoms with Gasteiger partial charge < -0.3 is 18.0 Å². The van der Waals surface area contributed by atoms with E-state index >= 15 is 0 Å². The fourth-order valence-corrected chi connectivity index (χ4v) is 10.4. The summed E-state index contributed by atoms with van der Waals surface area (Å²) in [5, 5.41) is 19.0. The van der Waals surface area contributed by atoms with Gasteiger partial charge in [0.15, 0.2) is 11.4 Å². The van der Waals surface area contributed by atoms with Crippen molar-refractivity contribution >= 4 is 87.5 Å². The Morgan fingerprint density at radius 1 is 0.409 bits per heavy atom. The van der Waals surface area contributed by atoms with E-state index in [1.807, 2.05) is 84.9 Å². The Bertz CT molecular complexity index is 4280. The minimum absolute atomic E-state index is 0.418. The Labute approximate surface area is 376 Å². The Morgan fingerprint density at radius 3 is 1.50 bits per heavy atom. The lowest BCUT2D eigenvalue weighted by atomic mass is 9.99. The monoisotopic (exact) mass is 843 g/mol. The van der Waals surface area contributed by atoms with E-state index < -0.39 is 0 Å². The number of benzene rings is 9. The van der Waals surface area contributed by atoms with Gasteiger partial charge in [0, 0.05) is 54.7 Å². The van der Waals surface area contributed by atoms with Crippen molar-refractivity contribution in [1.82, 2.24) is 19.1 Å². The first kappa shape index (κ1) is 36.3. The maximum atomic E-state index is 10.7. The van der Waals surface area contributed by atoms with Crippen LogP contribution in [0.2, 0.25) is 0 Å². The molecule has 7 nitrogen and oxygen atoms in total. The van der Waals surface area contributed by atoms with Crippen molar-refractivity contribution in [3.05, 3.63) is 206 Å². The Kier molecular flexibility index (Phi) is 7.62. The largest absolute Gasteiger partial charge is 0.455 e. The van der Waals surface area contributed by atoms with Crippen molar-refractivity contribution < 1.29 is 8.83 Å². The third-order valence-electron chi connectivity index (χ3n) is 13.2. The molecule has 0 saturated carbocycles. The third-order valence-corrected chi connectivity index (χ3v) is 13.2. The molecule has 306 valence electrons. The summed E-state index contributed by atoms with van der Waals surface area (Å²) < 4.78 is 18.9. The standard InChI is InChI=1S/C59H33N5O2/c60-34-43-53(35-18-4-1-5-19-35)61-59(62-54(43)36-20-6-2-7-21-36)42-32-33-46(57-49(42)40-26-12-16-30-47(40)65-57)64-45-29-15-11-25-39(45)51-56(64)50-38-24-10-14-28-44(38)63(37-22-8-3-9-23-37)55(50)52-41-27-13-17-31-48(41)66-58(51)52/h1-33H. The highest BCUT2D eigenvalue weighted by molar-refractivity contribution is 6.39. The van der Waals surface area contributed by atoms with Crippen LogP contribution in [0.25, 0.3) is 133 Å². The van der Waals surface area contributed by atoms with Crippen molar-refractivity contribution in [3.8, 4) is 51.3 Å². The van der Waals surface area contributed by atoms with E-state index in [4.69, 9.17) is 18.8 Å². The number of rotatable bonds is 5. The average molecular weight is 844 g/mol. The minimum atomic E-state index is 0.418. The summed E-state index contributed by atoms with van der Waals surface area (Å²) in [7, 11) is 0. The lowest BCUT2D eigenvalue weighted by molar-refractivity contribution is 0.666. The quantitative estimate of drug-likeness (QED) is 0.172. The summed E-state index contributed by atoms with van der Waals surface area (Å²) in [6.45, 7) is 0. The van der Waals surface area contributed by atoms with E-state index in [1.54, 1.807) is 0 Å². The second-order valence-electron chi connectivity index (χ2n) is 16.7. The number of hydrogen-bond acceptors (Lipinski definition) is 5. The van der Waals surface area contributed by atoms with Crippen LogP contribution in [0.1, 0.15) is 5.56 Å². The maximum absolute atomic E-state index is 10.7. The predicted octanol–water partition coefficient (Wildman–Crippen LogP) is 15.3. The molecule has 14 aromatic rings. The lowest BCUT2D eigenvalue weighted by Gasteiger charge is -2.15. The van der Waals surface area contributed by atoms with E-state index in [0.717, 1.165) is 110 Å². The number of furan rings is 2. The zero-order chi connectivity index (χ0) is 43.5. The number of hydrogen-bond donors (Lipinski definition) is 0. The number of fused-ring (bicyclic) bond motifs is 15. The number of aromatic nitrogens is 4. The van der Waals surface area contributed by atoms with Crippen molar-refractivity contribution in [3.63, 3.8) is 0 Å². The summed E-state index contributed by atoms with van der Waals surface area (Å²) in [5.41, 5.74) is 13.3. The Morgan fingerprint density at radius 2 is 0.879 bits per heavy atom. The van der Waals surface area contributed by atoms with Gasteiger partial charge in [0.05, 0.1) is 49.9 Å². The molecule has 7 heteroatoms. The fraction of sp³-hybridized carbons (Fsp3) is 0. The molecule has 0 spiro atoms. The summed E-state index contributed by atoms with van der Waals surface area (Å²) in [6, 6.07) is 70.9. The van der Waals surface area contributed by atoms with Gasteiger partial charge in [-0.2, -0.15) is 5.26 Å². The van der Waals surface area contributed by atoms with Gasteiger partial charge in [0.25, 0.3) is 0 Å². The van der Waals surface area contributed by atoms with Crippen LogP contribution >= 0.6 is 0 Å². The molecule has 14 rings (SSSR count). The topological polar surface area (TPSA) is 85.7 Å². The minimum Gasteiger partial charge on any atom is -0.455 e. The zero-order valence-electron chi connectivity index (χ0n) is 35.1. The number of nitriles is 1. The van der Waals surface area contributed by atoms with Crippen LogP contribution in [-0.4, -0.2) is 19.1 Å². The summed E-state index contributed by atoms with van der Waals surface area (Å²) in [6.07, 6.45) is 0. The summed E-state index contributed by atoms with van der Waals surface area (Å²) in [4.78, 5) is 10.5. The SMILES string of the molecule is N#Cc1c(-c2ccccc2)nc(-c2ccc(-n3c4ccccc4c4c5oc6ccccc6c5c5c(c6ccccc6n5-c5ccccc5)c43)c3oc4ccccc4c23)nc1-c1ccccc1. The molecule has 0 amide bonds. The number of nitrogens with zero attached hydrogens (tertiary/aromatic N) is 5. The van der Waals surface area contributed by atoms with Crippen molar-refractivity contribution in [2.45, 2.75) is 0 Å². The van der Waals surface area contributed by atoms with E-state index in [-0.39, 0.29) is 0 Å². The molecule has 0 aliphatic heterocycles. The second kappa shape index (κ2) is 13.9. The van der Waals surface area contributed by atoms with Gasteiger partial charge in [-0.3, -0.25) is 0 Å². The zero-order valence-corrected chi connectivity index (χ0v) is 35.1. The Balaban J connectivity index is 1.16. The van der Waals surface area contributed by atoms with Crippen LogP contribution in [0.3, 0.4) is 0 Å². The fourth-order valence-electron chi connectivity index (χ4n) is 10.4. The van der Waals surface area contributed by atoms with Gasteiger partial charge in [0.2, 0.25) is 0 Å². The highest BCUT2D eigenvalue weighted by Gasteiger charge is 2.30. The molecule has 9 aromatic carbocycles. The van der Waals surface area contributed by atoms with Gasteiger partial charge in [-0.05, 0) is 48.5 Å². The molecule has 0 unspecified atom stereocenters. The molecular weight excluding hydrogens is 811 g/mol. The van der Waals surface area contributed by atoms with Crippen LogP contribution in [0.4, 0.5) is 0 Å². The van der Waals surface area contributed by atoms with Gasteiger partial charge in [-0.15, -0.1) is 0 Å². The van der Waals surface area contributed by atoms with Crippen molar-refractivity contribution in [2.24, 2.45) is 0 Å². The maximum Gasteiger partial charge on any atom is 0.161 e. The first-order valence-corrected chi connectivity index (χ1v) is 22.0. The first-order chi connectivity index (χ1) is 32.7. The molecule has 5 aromatic heterocycles. The van der Waals surface area contributed by atoms with Crippen LogP contribution < -0.4 is 0 Å². The highest BCUT2D eigenvalue weighted by Crippen LogP contribution is 2.51. The van der Waals surface area contributed by atoms with Crippen molar-refractivity contribution in [2.75, 3.05) is 0 Å². The molecule has 0 aliphatic carbocycles. The molecule has 0 fully saturated rings. The van der Waals surface area contributed by atoms with Gasteiger partial charge >= 0.3 is 0 Å². The average Bonchev–Trinajstić information content (AvgIpc) is 4.15. The smallest absolute Gasteiger partial charge is 0.161 e. The molecule has 0 bridgehead atoms. The molecule has 0 N–H and O–H groups in total. The second-order valence-corrected chi connectivity index (χ2v) is 16.7. The lowest BCUT2D eigenvalue weighted by Crippen LogP contribution is -2.02. The number of para-hydroxylation sites is 5. The van der Waals surface area contributed by atoms with Crippen LogP contribution in [0.15, 0.2) is 209 Å². The molecule has 0 atom stereocenters.